The molecular formula is C23H27N3O7S. The van der Waals surface area contributed by atoms with Gasteiger partial charge in [-0.15, -0.1) is 0 Å². The highest BCUT2D eigenvalue weighted by Crippen LogP contribution is 2.35. The number of nitrogens with zero attached hydrogens (tertiary/aromatic N) is 1. The molecule has 2 aromatic carbocycles. The van der Waals surface area contributed by atoms with Crippen molar-refractivity contribution < 1.29 is 32.2 Å². The second-order valence-electron chi connectivity index (χ2n) is 8.15. The maximum atomic E-state index is 12.9. The molecular weight excluding hydrogens is 462 g/mol. The molecule has 2 amide bonds. The second kappa shape index (κ2) is 9.90. The number of hydrogen-bond acceptors (Lipinski definition) is 7. The van der Waals surface area contributed by atoms with E-state index >= 15 is 0 Å². The highest BCUT2D eigenvalue weighted by Gasteiger charge is 2.30. The maximum Gasteiger partial charge on any atom is 0.265 e. The van der Waals surface area contributed by atoms with Gasteiger partial charge in [-0.1, -0.05) is 12.8 Å². The summed E-state index contributed by atoms with van der Waals surface area (Å²) in [7, 11) is -0.788. The first-order valence-electron chi connectivity index (χ1n) is 10.9. The van der Waals surface area contributed by atoms with E-state index in [1.807, 2.05) is 0 Å². The lowest BCUT2D eigenvalue weighted by Gasteiger charge is -2.29. The predicted molar refractivity (Wildman–Crippen MR) is 125 cm³/mol. The number of anilines is 2. The highest BCUT2D eigenvalue weighted by molar-refractivity contribution is 7.89. The Morgan fingerprint density at radius 2 is 1.76 bits per heavy atom. The molecule has 0 aromatic heterocycles. The summed E-state index contributed by atoms with van der Waals surface area (Å²) in [6, 6.07) is 9.12. The summed E-state index contributed by atoms with van der Waals surface area (Å²) in [6.45, 7) is -0.575. The van der Waals surface area contributed by atoms with Crippen molar-refractivity contribution in [3.63, 3.8) is 0 Å². The molecule has 11 heteroatoms. The Kier molecular flexibility index (Phi) is 6.94. The van der Waals surface area contributed by atoms with Gasteiger partial charge in [0.05, 0.1) is 24.8 Å². The third-order valence-corrected chi connectivity index (χ3v) is 7.32. The van der Waals surface area contributed by atoms with Gasteiger partial charge in [0.25, 0.3) is 5.91 Å². The summed E-state index contributed by atoms with van der Waals surface area (Å²) in [4.78, 5) is 26.6. The minimum Gasteiger partial charge on any atom is -0.497 e. The average Bonchev–Trinajstić information content (AvgIpc) is 3.32. The lowest BCUT2D eigenvalue weighted by molar-refractivity contribution is -0.123. The van der Waals surface area contributed by atoms with Crippen molar-refractivity contribution in [1.82, 2.24) is 4.72 Å². The van der Waals surface area contributed by atoms with E-state index in [0.717, 1.165) is 25.7 Å². The Bertz CT molecular complexity index is 1170. The van der Waals surface area contributed by atoms with Gasteiger partial charge in [0.2, 0.25) is 15.9 Å². The van der Waals surface area contributed by atoms with E-state index in [2.05, 4.69) is 10.0 Å². The molecule has 1 heterocycles. The van der Waals surface area contributed by atoms with Gasteiger partial charge >= 0.3 is 0 Å². The highest BCUT2D eigenvalue weighted by atomic mass is 32.2. The molecule has 0 bridgehead atoms. The van der Waals surface area contributed by atoms with Crippen molar-refractivity contribution >= 4 is 33.2 Å². The molecule has 4 rings (SSSR count). The smallest absolute Gasteiger partial charge is 0.265 e. The van der Waals surface area contributed by atoms with Crippen LogP contribution in [-0.2, 0) is 19.6 Å². The van der Waals surface area contributed by atoms with Crippen LogP contribution in [0, 0.1) is 0 Å². The Morgan fingerprint density at radius 3 is 2.41 bits per heavy atom. The minimum atomic E-state index is -3.78. The zero-order chi connectivity index (χ0) is 24.3. The molecule has 10 nitrogen and oxygen atoms in total. The van der Waals surface area contributed by atoms with E-state index in [-0.39, 0.29) is 29.8 Å². The van der Waals surface area contributed by atoms with Crippen LogP contribution in [0.5, 0.6) is 17.2 Å². The predicted octanol–water partition coefficient (Wildman–Crippen LogP) is 2.29. The SMILES string of the molecule is COc1cc(NC(=O)CN2C(=O)COc3ccc(S(=O)(=O)NC4CCCC4)cc32)cc(OC)c1. The van der Waals surface area contributed by atoms with Crippen LogP contribution < -0.4 is 29.1 Å². The van der Waals surface area contributed by atoms with E-state index in [1.165, 1.54) is 37.3 Å². The molecule has 0 unspecified atom stereocenters. The summed E-state index contributed by atoms with van der Waals surface area (Å²) in [5.74, 6) is 0.382. The van der Waals surface area contributed by atoms with Gasteiger partial charge in [0, 0.05) is 29.9 Å². The number of hydrogen-bond donors (Lipinski definition) is 2. The molecule has 0 saturated heterocycles. The van der Waals surface area contributed by atoms with Crippen LogP contribution in [0.1, 0.15) is 25.7 Å². The number of sulfonamides is 1. The Morgan fingerprint density at radius 1 is 1.09 bits per heavy atom. The maximum absolute atomic E-state index is 12.9. The number of rotatable bonds is 8. The van der Waals surface area contributed by atoms with Crippen molar-refractivity contribution in [2.75, 3.05) is 37.6 Å². The number of methoxy groups -OCH3 is 2. The molecule has 2 aliphatic rings. The van der Waals surface area contributed by atoms with Crippen molar-refractivity contribution in [2.24, 2.45) is 0 Å². The summed E-state index contributed by atoms with van der Waals surface area (Å²) < 4.78 is 44.4. The number of fused-ring (bicyclic) bond motifs is 1. The van der Waals surface area contributed by atoms with E-state index in [1.54, 1.807) is 18.2 Å². The molecule has 1 aliphatic heterocycles. The quantitative estimate of drug-likeness (QED) is 0.583. The minimum absolute atomic E-state index is 0.0133. The zero-order valence-corrected chi connectivity index (χ0v) is 19.8. The van der Waals surface area contributed by atoms with Gasteiger partial charge in [0.1, 0.15) is 23.8 Å². The van der Waals surface area contributed by atoms with E-state index in [0.29, 0.717) is 22.9 Å². The molecule has 1 aliphatic carbocycles. The number of nitrogens with one attached hydrogen (secondary N) is 2. The molecule has 0 radical (unpaired) electrons. The second-order valence-corrected chi connectivity index (χ2v) is 9.86. The van der Waals surface area contributed by atoms with Crippen LogP contribution in [0.25, 0.3) is 0 Å². The Labute approximate surface area is 198 Å². The third kappa shape index (κ3) is 5.26. The molecule has 2 aromatic rings. The molecule has 0 atom stereocenters. The fourth-order valence-electron chi connectivity index (χ4n) is 4.08. The molecule has 0 spiro atoms. The van der Waals surface area contributed by atoms with Gasteiger partial charge in [-0.25, -0.2) is 13.1 Å². The summed E-state index contributed by atoms with van der Waals surface area (Å²) in [6.07, 6.45) is 3.57. The number of carbonyl (C=O) groups is 2. The number of benzene rings is 2. The molecule has 1 fully saturated rings. The largest absolute Gasteiger partial charge is 0.497 e. The summed E-state index contributed by atoms with van der Waals surface area (Å²) in [5, 5.41) is 2.72. The van der Waals surface area contributed by atoms with E-state index in [9.17, 15) is 18.0 Å². The molecule has 2 N–H and O–H groups in total. The monoisotopic (exact) mass is 489 g/mol. The van der Waals surface area contributed by atoms with Crippen LogP contribution in [0.15, 0.2) is 41.3 Å². The van der Waals surface area contributed by atoms with Gasteiger partial charge in [-0.2, -0.15) is 0 Å². The average molecular weight is 490 g/mol. The summed E-state index contributed by atoms with van der Waals surface area (Å²) in [5.41, 5.74) is 0.656. The van der Waals surface area contributed by atoms with E-state index in [4.69, 9.17) is 14.2 Å². The third-order valence-electron chi connectivity index (χ3n) is 5.80. The Balaban J connectivity index is 1.55. The van der Waals surface area contributed by atoms with Gasteiger partial charge < -0.3 is 19.5 Å². The standard InChI is InChI=1S/C23H27N3O7S/c1-31-17-9-16(10-18(11-17)32-2)24-22(27)13-26-20-12-19(7-8-21(20)33-14-23(26)28)34(29,30)25-15-5-3-4-6-15/h7-12,15,25H,3-6,13-14H2,1-2H3,(H,24,27). The first kappa shape index (κ1) is 23.8. The van der Waals surface area contributed by atoms with Gasteiger partial charge in [-0.3, -0.25) is 14.5 Å². The summed E-state index contributed by atoms with van der Waals surface area (Å²) >= 11 is 0. The van der Waals surface area contributed by atoms with Crippen molar-refractivity contribution in [3.05, 3.63) is 36.4 Å². The topological polar surface area (TPSA) is 123 Å². The van der Waals surface area contributed by atoms with Gasteiger partial charge in [0.15, 0.2) is 6.61 Å². The van der Waals surface area contributed by atoms with Crippen LogP contribution in [-0.4, -0.2) is 53.6 Å². The normalized spacial score (nSPS) is 16.1. The first-order valence-corrected chi connectivity index (χ1v) is 12.4. The fourth-order valence-corrected chi connectivity index (χ4v) is 5.40. The van der Waals surface area contributed by atoms with Crippen molar-refractivity contribution in [3.8, 4) is 17.2 Å². The number of amides is 2. The fraction of sp³-hybridized carbons (Fsp3) is 0.391. The van der Waals surface area contributed by atoms with Crippen LogP contribution >= 0.6 is 0 Å². The molecule has 34 heavy (non-hydrogen) atoms. The number of carbonyl (C=O) groups excluding carboxylic acids is 2. The number of ether oxygens (including phenoxy) is 3. The van der Waals surface area contributed by atoms with Crippen molar-refractivity contribution in [2.45, 2.75) is 36.6 Å². The zero-order valence-electron chi connectivity index (χ0n) is 19.0. The van der Waals surface area contributed by atoms with Crippen LogP contribution in [0.3, 0.4) is 0 Å². The molecule has 1 saturated carbocycles. The van der Waals surface area contributed by atoms with Gasteiger partial charge in [-0.05, 0) is 31.0 Å². The lowest BCUT2D eigenvalue weighted by Crippen LogP contribution is -2.43. The van der Waals surface area contributed by atoms with Crippen molar-refractivity contribution in [1.29, 1.82) is 0 Å². The van der Waals surface area contributed by atoms with E-state index < -0.39 is 21.8 Å². The van der Waals surface area contributed by atoms with Crippen LogP contribution in [0.4, 0.5) is 11.4 Å². The first-order chi connectivity index (χ1) is 16.3. The Hall–Kier alpha value is -3.31. The van der Waals surface area contributed by atoms with Crippen LogP contribution in [0.2, 0.25) is 0 Å². The lowest BCUT2D eigenvalue weighted by atomic mass is 10.2. The molecule has 182 valence electrons.